The number of benzene rings is 3. The van der Waals surface area contributed by atoms with Crippen molar-refractivity contribution in [3.8, 4) is 22.5 Å². The molecule has 4 aromatic rings. The molecule has 1 aliphatic rings. The SMILES string of the molecule is CCN(CC)CCNC(=O)c1ccc(C)c(-c2ccc(C[C@H](NC(=O)C3CCC(CN)CC3)C(=O)Nc3ccc(-c4nn[nH]n4)cc3)cc2)c1.Cl. The molecule has 0 radical (unpaired) electrons. The summed E-state index contributed by atoms with van der Waals surface area (Å²) >= 11 is 0. The smallest absolute Gasteiger partial charge is 0.251 e. The molecule has 1 atom stereocenters. The predicted molar refractivity (Wildman–Crippen MR) is 202 cm³/mol. The van der Waals surface area contributed by atoms with Crippen molar-refractivity contribution in [1.29, 1.82) is 0 Å². The summed E-state index contributed by atoms with van der Waals surface area (Å²) in [7, 11) is 0. The van der Waals surface area contributed by atoms with E-state index in [2.05, 4.69) is 55.3 Å². The van der Waals surface area contributed by atoms with Crippen LogP contribution in [0.1, 0.15) is 61.0 Å². The Morgan fingerprint density at radius 3 is 2.25 bits per heavy atom. The Morgan fingerprint density at radius 2 is 1.63 bits per heavy atom. The number of nitrogens with zero attached hydrogens (tertiary/aromatic N) is 4. The minimum Gasteiger partial charge on any atom is -0.351 e. The van der Waals surface area contributed by atoms with Crippen molar-refractivity contribution in [2.75, 3.05) is 38.0 Å². The number of likely N-dealkylation sites (N-methyl/N-ethyl adjacent to an activating group) is 1. The summed E-state index contributed by atoms with van der Waals surface area (Å²) in [4.78, 5) is 42.4. The van der Waals surface area contributed by atoms with Gasteiger partial charge in [0, 0.05) is 42.2 Å². The van der Waals surface area contributed by atoms with Crippen LogP contribution < -0.4 is 21.7 Å². The van der Waals surface area contributed by atoms with Crippen LogP contribution in [0.25, 0.3) is 22.5 Å². The fraction of sp³-hybridized carbons (Fsp3) is 0.421. The van der Waals surface area contributed by atoms with Gasteiger partial charge in [-0.05, 0) is 122 Å². The lowest BCUT2D eigenvalue weighted by Crippen LogP contribution is -2.48. The first-order valence-corrected chi connectivity index (χ1v) is 17.6. The van der Waals surface area contributed by atoms with Gasteiger partial charge in [0.2, 0.25) is 17.6 Å². The van der Waals surface area contributed by atoms with Gasteiger partial charge in [-0.2, -0.15) is 5.21 Å². The average molecular weight is 716 g/mol. The van der Waals surface area contributed by atoms with Gasteiger partial charge in [-0.1, -0.05) is 44.2 Å². The molecule has 0 saturated heterocycles. The first-order valence-electron chi connectivity index (χ1n) is 17.6. The van der Waals surface area contributed by atoms with Crippen LogP contribution in [-0.2, 0) is 16.0 Å². The number of nitrogens with one attached hydrogen (secondary N) is 4. The molecule has 0 aliphatic heterocycles. The van der Waals surface area contributed by atoms with Crippen molar-refractivity contribution in [1.82, 2.24) is 36.2 Å². The lowest BCUT2D eigenvalue weighted by Gasteiger charge is -2.28. The number of hydrogen-bond donors (Lipinski definition) is 5. The van der Waals surface area contributed by atoms with E-state index >= 15 is 0 Å². The lowest BCUT2D eigenvalue weighted by atomic mass is 9.81. The Labute approximate surface area is 306 Å². The van der Waals surface area contributed by atoms with Crippen LogP contribution in [0.4, 0.5) is 5.69 Å². The van der Waals surface area contributed by atoms with Gasteiger partial charge in [-0.25, -0.2) is 0 Å². The number of rotatable bonds is 15. The number of tetrazole rings is 1. The molecule has 1 aromatic heterocycles. The highest BCUT2D eigenvalue weighted by molar-refractivity contribution is 5.98. The van der Waals surface area contributed by atoms with E-state index in [1.54, 1.807) is 24.3 Å². The number of aromatic nitrogens is 4. The zero-order chi connectivity index (χ0) is 35.5. The van der Waals surface area contributed by atoms with E-state index in [1.807, 2.05) is 49.4 Å². The first kappa shape index (κ1) is 39.1. The number of aromatic amines is 1. The molecule has 1 fully saturated rings. The molecule has 12 nitrogen and oxygen atoms in total. The Morgan fingerprint density at radius 1 is 0.941 bits per heavy atom. The van der Waals surface area contributed by atoms with E-state index in [9.17, 15) is 14.4 Å². The lowest BCUT2D eigenvalue weighted by molar-refractivity contribution is -0.130. The van der Waals surface area contributed by atoms with Crippen molar-refractivity contribution in [3.63, 3.8) is 0 Å². The molecule has 3 amide bonds. The maximum Gasteiger partial charge on any atom is 0.251 e. The molecular formula is C38H50ClN9O3. The van der Waals surface area contributed by atoms with Crippen LogP contribution in [0.15, 0.2) is 66.7 Å². The van der Waals surface area contributed by atoms with E-state index in [0.29, 0.717) is 42.5 Å². The van der Waals surface area contributed by atoms with E-state index in [0.717, 1.165) is 73.1 Å². The number of nitrogens with two attached hydrogens (primary N) is 1. The molecule has 5 rings (SSSR count). The molecular weight excluding hydrogens is 666 g/mol. The molecule has 0 spiro atoms. The molecule has 0 unspecified atom stereocenters. The quantitative estimate of drug-likeness (QED) is 0.117. The van der Waals surface area contributed by atoms with Crippen molar-refractivity contribution in [2.45, 2.75) is 58.9 Å². The molecule has 51 heavy (non-hydrogen) atoms. The summed E-state index contributed by atoms with van der Waals surface area (Å²) in [6.07, 6.45) is 3.67. The van der Waals surface area contributed by atoms with E-state index < -0.39 is 6.04 Å². The Kier molecular flexibility index (Phi) is 14.7. The standard InChI is InChI=1S/C38H49N9O3.ClH/c1-4-47(5-2)21-20-40-36(48)31-11-6-25(3)33(23-31)28-12-7-26(8-13-28)22-34(42-37(49)30-14-9-27(24-39)10-15-30)38(50)41-32-18-16-29(17-19-32)35-43-45-46-44-35;/h6-8,11-13,16-19,23,27,30,34H,4-5,9-10,14-15,20-22,24,39H2,1-3H3,(H,40,48)(H,41,50)(H,42,49)(H,43,44,45,46);1H/t27?,30?,34-;/m0./s1. The van der Waals surface area contributed by atoms with Crippen molar-refractivity contribution >= 4 is 35.8 Å². The predicted octanol–water partition coefficient (Wildman–Crippen LogP) is 4.77. The topological polar surface area (TPSA) is 171 Å². The Hall–Kier alpha value is -4.65. The van der Waals surface area contributed by atoms with Crippen LogP contribution in [0.2, 0.25) is 0 Å². The third-order valence-electron chi connectivity index (χ3n) is 9.75. The Balaban J connectivity index is 0.00000583. The summed E-state index contributed by atoms with van der Waals surface area (Å²) < 4.78 is 0. The maximum atomic E-state index is 13.7. The number of carbonyl (C=O) groups excluding carboxylic acids is 3. The minimum atomic E-state index is -0.789. The molecule has 1 saturated carbocycles. The summed E-state index contributed by atoms with van der Waals surface area (Å²) in [6.45, 7) is 10.2. The molecule has 0 bridgehead atoms. The van der Waals surface area contributed by atoms with Crippen LogP contribution in [-0.4, -0.2) is 82.0 Å². The second-order valence-corrected chi connectivity index (χ2v) is 13.0. The number of amides is 3. The summed E-state index contributed by atoms with van der Waals surface area (Å²) in [5.74, 6) is 0.253. The first-order chi connectivity index (χ1) is 24.3. The summed E-state index contributed by atoms with van der Waals surface area (Å²) in [6, 6.07) is 20.1. The van der Waals surface area contributed by atoms with Gasteiger partial charge in [0.05, 0.1) is 0 Å². The number of aryl methyl sites for hydroxylation is 1. The molecule has 6 N–H and O–H groups in total. The third kappa shape index (κ3) is 10.7. The number of H-pyrrole nitrogens is 1. The number of halogens is 1. The highest BCUT2D eigenvalue weighted by Gasteiger charge is 2.29. The van der Waals surface area contributed by atoms with Gasteiger partial charge in [0.25, 0.3) is 5.91 Å². The molecule has 3 aromatic carbocycles. The monoisotopic (exact) mass is 715 g/mol. The second kappa shape index (κ2) is 19.1. The van der Waals surface area contributed by atoms with E-state index in [1.165, 1.54) is 0 Å². The highest BCUT2D eigenvalue weighted by Crippen LogP contribution is 2.29. The summed E-state index contributed by atoms with van der Waals surface area (Å²) in [5.41, 5.74) is 11.7. The fourth-order valence-corrected chi connectivity index (χ4v) is 6.48. The zero-order valence-electron chi connectivity index (χ0n) is 29.7. The zero-order valence-corrected chi connectivity index (χ0v) is 30.5. The number of anilines is 1. The van der Waals surface area contributed by atoms with E-state index in [-0.39, 0.29) is 36.0 Å². The van der Waals surface area contributed by atoms with Crippen LogP contribution in [0.5, 0.6) is 0 Å². The van der Waals surface area contributed by atoms with Gasteiger partial charge >= 0.3 is 0 Å². The Bertz CT molecular complexity index is 1700. The highest BCUT2D eigenvalue weighted by atomic mass is 35.5. The molecule has 13 heteroatoms. The molecule has 1 aliphatic carbocycles. The number of carbonyl (C=O) groups is 3. The molecule has 272 valence electrons. The van der Waals surface area contributed by atoms with Crippen LogP contribution in [0, 0.1) is 18.8 Å². The van der Waals surface area contributed by atoms with Gasteiger partial charge < -0.3 is 26.6 Å². The van der Waals surface area contributed by atoms with Crippen LogP contribution >= 0.6 is 12.4 Å². The van der Waals surface area contributed by atoms with Crippen molar-refractivity contribution < 1.29 is 14.4 Å². The third-order valence-corrected chi connectivity index (χ3v) is 9.75. The maximum absolute atomic E-state index is 13.7. The minimum absolute atomic E-state index is 0. The van der Waals surface area contributed by atoms with E-state index in [4.69, 9.17) is 5.73 Å². The van der Waals surface area contributed by atoms with Crippen molar-refractivity contribution in [2.24, 2.45) is 17.6 Å². The van der Waals surface area contributed by atoms with Gasteiger partial charge in [0.15, 0.2) is 0 Å². The fourth-order valence-electron chi connectivity index (χ4n) is 6.48. The second-order valence-electron chi connectivity index (χ2n) is 13.0. The van der Waals surface area contributed by atoms with Crippen molar-refractivity contribution in [3.05, 3.63) is 83.4 Å². The average Bonchev–Trinajstić information content (AvgIpc) is 3.69. The summed E-state index contributed by atoms with van der Waals surface area (Å²) in [5, 5.41) is 23.1. The van der Waals surface area contributed by atoms with Crippen LogP contribution in [0.3, 0.4) is 0 Å². The molecule has 1 heterocycles. The number of hydrogen-bond acceptors (Lipinski definition) is 8. The van der Waals surface area contributed by atoms with Gasteiger partial charge in [-0.3, -0.25) is 14.4 Å². The normalized spacial score (nSPS) is 16.2. The van der Waals surface area contributed by atoms with Gasteiger partial charge in [-0.15, -0.1) is 22.6 Å². The van der Waals surface area contributed by atoms with Gasteiger partial charge in [0.1, 0.15) is 6.04 Å². The largest absolute Gasteiger partial charge is 0.351 e.